The lowest BCUT2D eigenvalue weighted by molar-refractivity contribution is -0.121. The van der Waals surface area contributed by atoms with Crippen LogP contribution in [0.2, 0.25) is 0 Å². The van der Waals surface area contributed by atoms with Gasteiger partial charge in [0, 0.05) is 26.1 Å². The van der Waals surface area contributed by atoms with Crippen LogP contribution < -0.4 is 14.8 Å². The predicted molar refractivity (Wildman–Crippen MR) is 115 cm³/mol. The van der Waals surface area contributed by atoms with Gasteiger partial charge < -0.3 is 14.7 Å². The molecule has 1 unspecified atom stereocenters. The molecule has 0 aromatic heterocycles. The molecule has 3 amide bonds. The van der Waals surface area contributed by atoms with E-state index in [2.05, 4.69) is 10.0 Å². The maximum absolute atomic E-state index is 14.0. The second kappa shape index (κ2) is 10.1. The van der Waals surface area contributed by atoms with Gasteiger partial charge in [-0.25, -0.2) is 22.3 Å². The summed E-state index contributed by atoms with van der Waals surface area (Å²) in [7, 11) is -3.67. The van der Waals surface area contributed by atoms with Crippen LogP contribution in [-0.4, -0.2) is 62.4 Å². The topological polar surface area (TPSA) is 125 Å². The molecule has 32 heavy (non-hydrogen) atoms. The average molecular weight is 472 g/mol. The van der Waals surface area contributed by atoms with Crippen LogP contribution in [0.25, 0.3) is 0 Å². The van der Waals surface area contributed by atoms with Gasteiger partial charge in [0.05, 0.1) is 12.4 Å². The molecule has 2 aliphatic rings. The Bertz CT molecular complexity index is 949. The zero-order valence-electron chi connectivity index (χ0n) is 18.1. The maximum Gasteiger partial charge on any atom is 0.324 e. The zero-order chi connectivity index (χ0) is 23.4. The highest BCUT2D eigenvalue weighted by molar-refractivity contribution is 7.89. The number of urea groups is 1. The van der Waals surface area contributed by atoms with Crippen molar-refractivity contribution in [2.45, 2.75) is 44.6 Å². The number of unbranched alkanes of at least 4 members (excludes halogenated alkanes) is 1. The van der Waals surface area contributed by atoms with Crippen molar-refractivity contribution >= 4 is 22.0 Å². The molecule has 178 valence electrons. The SMILES string of the molecule is CC(O)(CNS(=O)(=O)CCCCN1CCC(=O)NC1=O)c1ccc(F)c(OCC2CC2)c1. The summed E-state index contributed by atoms with van der Waals surface area (Å²) in [5, 5.41) is 13.0. The fourth-order valence-corrected chi connectivity index (χ4v) is 4.50. The van der Waals surface area contributed by atoms with Crippen molar-refractivity contribution in [2.75, 3.05) is 32.0 Å². The molecule has 1 saturated heterocycles. The number of benzene rings is 1. The normalized spacial score (nSPS) is 18.9. The molecule has 0 bridgehead atoms. The number of sulfonamides is 1. The summed E-state index contributed by atoms with van der Waals surface area (Å²) in [5.41, 5.74) is -1.21. The molecule has 3 rings (SSSR count). The Morgan fingerprint density at radius 2 is 2.06 bits per heavy atom. The highest BCUT2D eigenvalue weighted by Crippen LogP contribution is 2.31. The standard InChI is InChI=1S/C21H30FN3O6S/c1-21(28,16-6-7-17(22)18(12-16)31-13-15-4-5-15)14-23-32(29,30)11-3-2-9-25-10-8-19(26)24-20(25)27/h6-7,12,15,23,28H,2-5,8-11,13-14H2,1H3,(H,24,26,27). The Labute approximate surface area is 187 Å². The summed E-state index contributed by atoms with van der Waals surface area (Å²) >= 11 is 0. The number of carbonyl (C=O) groups excluding carboxylic acids is 2. The number of rotatable bonds is 12. The van der Waals surface area contributed by atoms with Crippen LogP contribution in [-0.2, 0) is 20.4 Å². The van der Waals surface area contributed by atoms with Crippen LogP contribution >= 0.6 is 0 Å². The van der Waals surface area contributed by atoms with Gasteiger partial charge in [-0.05, 0) is 56.2 Å². The van der Waals surface area contributed by atoms with E-state index in [4.69, 9.17) is 4.74 Å². The number of halogens is 1. The second-order valence-electron chi connectivity index (χ2n) is 8.61. The van der Waals surface area contributed by atoms with E-state index in [-0.39, 0.29) is 30.4 Å². The molecule has 1 aromatic rings. The molecule has 1 heterocycles. The number of imide groups is 1. The third-order valence-corrected chi connectivity index (χ3v) is 7.00. The fraction of sp³-hybridized carbons (Fsp3) is 0.619. The van der Waals surface area contributed by atoms with Crippen molar-refractivity contribution < 1.29 is 32.2 Å². The molecule has 0 radical (unpaired) electrons. The molecule has 2 fully saturated rings. The molecule has 3 N–H and O–H groups in total. The smallest absolute Gasteiger partial charge is 0.324 e. The molecule has 1 saturated carbocycles. The van der Waals surface area contributed by atoms with Crippen LogP contribution in [0.5, 0.6) is 5.75 Å². The Kier molecular flexibility index (Phi) is 7.73. The summed E-state index contributed by atoms with van der Waals surface area (Å²) in [6, 6.07) is 3.55. The zero-order valence-corrected chi connectivity index (χ0v) is 18.9. The molecule has 1 aliphatic heterocycles. The number of nitrogens with zero attached hydrogens (tertiary/aromatic N) is 1. The van der Waals surface area contributed by atoms with Gasteiger partial charge in [0.25, 0.3) is 0 Å². The molecular weight excluding hydrogens is 441 g/mol. The summed E-state index contributed by atoms with van der Waals surface area (Å²) in [6.45, 7) is 2.27. The quantitative estimate of drug-likeness (QED) is 0.397. The van der Waals surface area contributed by atoms with E-state index in [1.807, 2.05) is 0 Å². The Balaban J connectivity index is 1.45. The van der Waals surface area contributed by atoms with Gasteiger partial charge in [0.2, 0.25) is 15.9 Å². The van der Waals surface area contributed by atoms with Gasteiger partial charge in [0.15, 0.2) is 11.6 Å². The number of nitrogens with one attached hydrogen (secondary N) is 2. The van der Waals surface area contributed by atoms with Crippen molar-refractivity contribution in [1.82, 2.24) is 14.9 Å². The van der Waals surface area contributed by atoms with Crippen LogP contribution in [0.15, 0.2) is 18.2 Å². The summed E-state index contributed by atoms with van der Waals surface area (Å²) in [6.07, 6.45) is 3.12. The monoisotopic (exact) mass is 471 g/mol. The maximum atomic E-state index is 14.0. The van der Waals surface area contributed by atoms with Gasteiger partial charge >= 0.3 is 6.03 Å². The van der Waals surface area contributed by atoms with Crippen LogP contribution in [0.4, 0.5) is 9.18 Å². The lowest BCUT2D eigenvalue weighted by atomic mass is 9.96. The van der Waals surface area contributed by atoms with Crippen LogP contribution in [0.1, 0.15) is 44.6 Å². The third kappa shape index (κ3) is 7.14. The summed E-state index contributed by atoms with van der Waals surface area (Å²) in [5.74, 6) is -0.528. The van der Waals surface area contributed by atoms with Crippen LogP contribution in [0.3, 0.4) is 0 Å². The van der Waals surface area contributed by atoms with E-state index in [1.165, 1.54) is 30.0 Å². The lowest BCUT2D eigenvalue weighted by Gasteiger charge is -2.26. The second-order valence-corrected chi connectivity index (χ2v) is 10.5. The highest BCUT2D eigenvalue weighted by atomic mass is 32.2. The van der Waals surface area contributed by atoms with E-state index < -0.39 is 27.5 Å². The lowest BCUT2D eigenvalue weighted by Crippen LogP contribution is -2.49. The first-order valence-electron chi connectivity index (χ1n) is 10.8. The van der Waals surface area contributed by atoms with Crippen molar-refractivity contribution in [3.63, 3.8) is 0 Å². The first-order chi connectivity index (χ1) is 15.1. The van der Waals surface area contributed by atoms with E-state index in [9.17, 15) is 27.5 Å². The minimum Gasteiger partial charge on any atom is -0.490 e. The third-order valence-electron chi connectivity index (χ3n) is 5.59. The number of amides is 3. The minimum atomic E-state index is -3.67. The molecule has 1 aliphatic carbocycles. The summed E-state index contributed by atoms with van der Waals surface area (Å²) < 4.78 is 46.5. The average Bonchev–Trinajstić information content (AvgIpc) is 3.55. The first-order valence-corrected chi connectivity index (χ1v) is 12.4. The number of carbonyl (C=O) groups is 2. The van der Waals surface area contributed by atoms with Gasteiger partial charge in [0.1, 0.15) is 5.60 Å². The Morgan fingerprint density at radius 1 is 1.31 bits per heavy atom. The highest BCUT2D eigenvalue weighted by Gasteiger charge is 2.28. The molecule has 0 spiro atoms. The first kappa shape index (κ1) is 24.4. The minimum absolute atomic E-state index is 0.0426. The van der Waals surface area contributed by atoms with Gasteiger partial charge in [-0.15, -0.1) is 0 Å². The fourth-order valence-electron chi connectivity index (χ4n) is 3.27. The van der Waals surface area contributed by atoms with Gasteiger partial charge in [-0.1, -0.05) is 6.07 Å². The van der Waals surface area contributed by atoms with Gasteiger partial charge in [-0.2, -0.15) is 0 Å². The van der Waals surface area contributed by atoms with E-state index in [0.29, 0.717) is 44.0 Å². The predicted octanol–water partition coefficient (Wildman–Crippen LogP) is 1.46. The van der Waals surface area contributed by atoms with Crippen molar-refractivity contribution in [3.05, 3.63) is 29.6 Å². The molecule has 11 heteroatoms. The Morgan fingerprint density at radius 3 is 2.75 bits per heavy atom. The van der Waals surface area contributed by atoms with Gasteiger partial charge in [-0.3, -0.25) is 10.1 Å². The van der Waals surface area contributed by atoms with Crippen molar-refractivity contribution in [2.24, 2.45) is 5.92 Å². The molecular formula is C21H30FN3O6S. The molecule has 1 atom stereocenters. The van der Waals surface area contributed by atoms with Crippen molar-refractivity contribution in [3.8, 4) is 5.75 Å². The van der Waals surface area contributed by atoms with Crippen LogP contribution in [0, 0.1) is 11.7 Å². The largest absolute Gasteiger partial charge is 0.490 e. The van der Waals surface area contributed by atoms with E-state index >= 15 is 0 Å². The van der Waals surface area contributed by atoms with Crippen molar-refractivity contribution in [1.29, 1.82) is 0 Å². The Hall–Kier alpha value is -2.24. The number of hydrogen-bond acceptors (Lipinski definition) is 6. The molecule has 1 aromatic carbocycles. The molecule has 9 nitrogen and oxygen atoms in total. The summed E-state index contributed by atoms with van der Waals surface area (Å²) in [4.78, 5) is 24.3. The number of ether oxygens (including phenoxy) is 1. The van der Waals surface area contributed by atoms with E-state index in [1.54, 1.807) is 0 Å². The van der Waals surface area contributed by atoms with E-state index in [0.717, 1.165) is 12.8 Å². The number of hydrogen-bond donors (Lipinski definition) is 3. The number of aliphatic hydroxyl groups is 1.